The van der Waals surface area contributed by atoms with E-state index in [0.29, 0.717) is 24.0 Å². The standard InChI is InChI=1S/C15H15FN6/c16-13-4-1-10(7-12(13)15-19-9-20-21-15)18-8-14-17-5-6-22(14)11-2-3-11/h1,4-7,9,11,18H,2-3,8H2,(H,19,20,21). The van der Waals surface area contributed by atoms with E-state index in [4.69, 9.17) is 0 Å². The summed E-state index contributed by atoms with van der Waals surface area (Å²) in [5, 5.41) is 9.72. The first-order valence-corrected chi connectivity index (χ1v) is 7.22. The van der Waals surface area contributed by atoms with Crippen molar-refractivity contribution in [3.05, 3.63) is 48.6 Å². The molecule has 0 aliphatic heterocycles. The van der Waals surface area contributed by atoms with Gasteiger partial charge < -0.3 is 9.88 Å². The predicted molar refractivity (Wildman–Crippen MR) is 79.6 cm³/mol. The SMILES string of the molecule is Fc1ccc(NCc2nccn2C2CC2)cc1-c1ncn[nH]1. The molecule has 1 saturated carbocycles. The molecule has 1 aliphatic carbocycles. The molecule has 0 spiro atoms. The highest BCUT2D eigenvalue weighted by molar-refractivity contribution is 5.62. The van der Waals surface area contributed by atoms with Crippen LogP contribution >= 0.6 is 0 Å². The fourth-order valence-corrected chi connectivity index (χ4v) is 2.50. The normalized spacial score (nSPS) is 14.2. The predicted octanol–water partition coefficient (Wildman–Crippen LogP) is 2.75. The fraction of sp³-hybridized carbons (Fsp3) is 0.267. The molecule has 0 radical (unpaired) electrons. The third kappa shape index (κ3) is 2.45. The van der Waals surface area contributed by atoms with E-state index in [0.717, 1.165) is 11.5 Å². The summed E-state index contributed by atoms with van der Waals surface area (Å²) in [7, 11) is 0. The zero-order valence-corrected chi connectivity index (χ0v) is 11.8. The second kappa shape index (κ2) is 5.25. The Morgan fingerprint density at radius 2 is 2.23 bits per heavy atom. The molecule has 1 fully saturated rings. The van der Waals surface area contributed by atoms with E-state index in [2.05, 4.69) is 30.0 Å². The summed E-state index contributed by atoms with van der Waals surface area (Å²) in [5.74, 6) is 1.08. The molecular weight excluding hydrogens is 283 g/mol. The summed E-state index contributed by atoms with van der Waals surface area (Å²) in [6, 6.07) is 5.45. The van der Waals surface area contributed by atoms with Crippen LogP contribution in [-0.4, -0.2) is 24.7 Å². The quantitative estimate of drug-likeness (QED) is 0.760. The van der Waals surface area contributed by atoms with Crippen LogP contribution in [0.2, 0.25) is 0 Å². The highest BCUT2D eigenvalue weighted by Crippen LogP contribution is 2.35. The number of nitrogens with one attached hydrogen (secondary N) is 2. The van der Waals surface area contributed by atoms with E-state index in [1.807, 2.05) is 12.4 Å². The van der Waals surface area contributed by atoms with Crippen molar-refractivity contribution in [2.24, 2.45) is 0 Å². The smallest absolute Gasteiger partial charge is 0.158 e. The fourth-order valence-electron chi connectivity index (χ4n) is 2.50. The lowest BCUT2D eigenvalue weighted by Crippen LogP contribution is -2.07. The first-order chi connectivity index (χ1) is 10.8. The number of anilines is 1. The van der Waals surface area contributed by atoms with Crippen LogP contribution in [0.4, 0.5) is 10.1 Å². The van der Waals surface area contributed by atoms with E-state index in [-0.39, 0.29) is 5.82 Å². The highest BCUT2D eigenvalue weighted by Gasteiger charge is 2.25. The zero-order chi connectivity index (χ0) is 14.9. The van der Waals surface area contributed by atoms with Gasteiger partial charge in [-0.1, -0.05) is 0 Å². The molecule has 0 amide bonds. The number of rotatable bonds is 5. The van der Waals surface area contributed by atoms with Crippen LogP contribution in [0, 0.1) is 5.82 Å². The Balaban J connectivity index is 1.53. The molecule has 6 nitrogen and oxygen atoms in total. The van der Waals surface area contributed by atoms with Crippen LogP contribution in [0.1, 0.15) is 24.7 Å². The van der Waals surface area contributed by atoms with Gasteiger partial charge >= 0.3 is 0 Å². The summed E-state index contributed by atoms with van der Waals surface area (Å²) >= 11 is 0. The number of hydrogen-bond acceptors (Lipinski definition) is 4. The van der Waals surface area contributed by atoms with Crippen molar-refractivity contribution in [3.8, 4) is 11.4 Å². The number of hydrogen-bond donors (Lipinski definition) is 2. The molecule has 1 aromatic carbocycles. The Kier molecular flexibility index (Phi) is 3.10. The van der Waals surface area contributed by atoms with E-state index in [1.165, 1.54) is 25.2 Å². The number of H-pyrrole nitrogens is 1. The summed E-state index contributed by atoms with van der Waals surface area (Å²) in [5.41, 5.74) is 1.21. The molecule has 0 saturated heterocycles. The third-order valence-electron chi connectivity index (χ3n) is 3.78. The molecule has 1 aliphatic rings. The Morgan fingerprint density at radius 3 is 3.00 bits per heavy atom. The van der Waals surface area contributed by atoms with Gasteiger partial charge in [0.25, 0.3) is 0 Å². The Bertz CT molecular complexity index is 775. The summed E-state index contributed by atoms with van der Waals surface area (Å²) in [6.07, 6.45) is 7.63. The maximum Gasteiger partial charge on any atom is 0.158 e. The first kappa shape index (κ1) is 13.0. The lowest BCUT2D eigenvalue weighted by molar-refractivity contribution is 0.630. The van der Waals surface area contributed by atoms with Crippen LogP contribution in [0.25, 0.3) is 11.4 Å². The second-order valence-corrected chi connectivity index (χ2v) is 5.36. The largest absolute Gasteiger partial charge is 0.378 e. The number of imidazole rings is 1. The molecule has 4 rings (SSSR count). The van der Waals surface area contributed by atoms with Crippen molar-refractivity contribution in [1.82, 2.24) is 24.7 Å². The lowest BCUT2D eigenvalue weighted by Gasteiger charge is -2.10. The van der Waals surface area contributed by atoms with Crippen LogP contribution in [0.3, 0.4) is 0 Å². The van der Waals surface area contributed by atoms with Gasteiger partial charge in [0.05, 0.1) is 12.1 Å². The molecule has 3 aromatic rings. The van der Waals surface area contributed by atoms with Crippen LogP contribution in [0.5, 0.6) is 0 Å². The molecule has 7 heteroatoms. The summed E-state index contributed by atoms with van der Waals surface area (Å²) in [4.78, 5) is 8.37. The van der Waals surface area contributed by atoms with Crippen LogP contribution in [0.15, 0.2) is 36.9 Å². The topological polar surface area (TPSA) is 71.4 Å². The first-order valence-electron chi connectivity index (χ1n) is 7.22. The third-order valence-corrected chi connectivity index (χ3v) is 3.78. The maximum absolute atomic E-state index is 13.9. The summed E-state index contributed by atoms with van der Waals surface area (Å²) in [6.45, 7) is 0.602. The van der Waals surface area contributed by atoms with Crippen molar-refractivity contribution in [2.75, 3.05) is 5.32 Å². The number of aromatic amines is 1. The molecule has 0 bridgehead atoms. The maximum atomic E-state index is 13.9. The van der Waals surface area contributed by atoms with Gasteiger partial charge in [-0.2, -0.15) is 5.10 Å². The molecule has 2 N–H and O–H groups in total. The Hall–Kier alpha value is -2.70. The molecule has 0 atom stereocenters. The van der Waals surface area contributed by atoms with Crippen molar-refractivity contribution < 1.29 is 4.39 Å². The van der Waals surface area contributed by atoms with E-state index < -0.39 is 0 Å². The van der Waals surface area contributed by atoms with Crippen molar-refractivity contribution >= 4 is 5.69 Å². The van der Waals surface area contributed by atoms with Crippen LogP contribution < -0.4 is 5.32 Å². The van der Waals surface area contributed by atoms with Crippen molar-refractivity contribution in [1.29, 1.82) is 0 Å². The van der Waals surface area contributed by atoms with Crippen molar-refractivity contribution in [2.45, 2.75) is 25.4 Å². The highest BCUT2D eigenvalue weighted by atomic mass is 19.1. The molecule has 0 unspecified atom stereocenters. The number of halogens is 1. The monoisotopic (exact) mass is 298 g/mol. The lowest BCUT2D eigenvalue weighted by atomic mass is 10.1. The van der Waals surface area contributed by atoms with Gasteiger partial charge in [0.15, 0.2) is 5.82 Å². The molecule has 112 valence electrons. The van der Waals surface area contributed by atoms with Crippen LogP contribution in [-0.2, 0) is 6.54 Å². The number of benzene rings is 1. The van der Waals surface area contributed by atoms with Gasteiger partial charge in [-0.25, -0.2) is 14.4 Å². The average molecular weight is 298 g/mol. The average Bonchev–Trinajstić information content (AvgIpc) is 3.03. The Labute approximate surface area is 126 Å². The summed E-state index contributed by atoms with van der Waals surface area (Å²) < 4.78 is 16.1. The van der Waals surface area contributed by atoms with Gasteiger partial charge in [-0.3, -0.25) is 5.10 Å². The van der Waals surface area contributed by atoms with Gasteiger partial charge in [0.2, 0.25) is 0 Å². The van der Waals surface area contributed by atoms with Gasteiger partial charge in [0.1, 0.15) is 18.0 Å². The number of aromatic nitrogens is 5. The van der Waals surface area contributed by atoms with E-state index in [1.54, 1.807) is 12.1 Å². The molecule has 2 heterocycles. The second-order valence-electron chi connectivity index (χ2n) is 5.36. The molecule has 22 heavy (non-hydrogen) atoms. The van der Waals surface area contributed by atoms with Gasteiger partial charge in [-0.15, -0.1) is 0 Å². The van der Waals surface area contributed by atoms with E-state index >= 15 is 0 Å². The minimum absolute atomic E-state index is 0.332. The molecule has 2 aromatic heterocycles. The minimum atomic E-state index is -0.332. The zero-order valence-electron chi connectivity index (χ0n) is 11.8. The number of nitrogens with zero attached hydrogens (tertiary/aromatic N) is 4. The van der Waals surface area contributed by atoms with E-state index in [9.17, 15) is 4.39 Å². The Morgan fingerprint density at radius 1 is 1.32 bits per heavy atom. The van der Waals surface area contributed by atoms with Crippen molar-refractivity contribution in [3.63, 3.8) is 0 Å². The van der Waals surface area contributed by atoms with Gasteiger partial charge in [-0.05, 0) is 31.0 Å². The van der Waals surface area contributed by atoms with Gasteiger partial charge in [0, 0.05) is 24.1 Å². The minimum Gasteiger partial charge on any atom is -0.378 e. The molecular formula is C15H15FN6.